The SMILES string of the molecule is CC(=O)OCC1=C(C(=O)[O-])N2C(=O)C(NC(=O)[C@H](NC(=O)N3CCN(N=Cc4ccccc4F)C3=O)c3ccccc3)[C@H]2SC1.[Na+]. The van der Waals surface area contributed by atoms with Gasteiger partial charge in [-0.3, -0.25) is 19.3 Å². The monoisotopic (exact) mass is 660 g/mol. The Bertz CT molecular complexity index is 1630. The van der Waals surface area contributed by atoms with Crippen LogP contribution in [0.3, 0.4) is 0 Å². The molecule has 0 aliphatic carbocycles. The number of nitrogens with zero attached hydrogens (tertiary/aromatic N) is 4. The molecule has 0 aromatic heterocycles. The first-order valence-corrected chi connectivity index (χ1v) is 14.7. The Morgan fingerprint density at radius 1 is 1.11 bits per heavy atom. The molecule has 0 radical (unpaired) electrons. The number of esters is 1. The Morgan fingerprint density at radius 2 is 1.80 bits per heavy atom. The van der Waals surface area contributed by atoms with Crippen molar-refractivity contribution in [1.82, 2.24) is 25.4 Å². The number of fused-ring (bicyclic) bond motifs is 1. The summed E-state index contributed by atoms with van der Waals surface area (Å²) in [5, 5.41) is 21.2. The minimum absolute atomic E-state index is 0. The van der Waals surface area contributed by atoms with Gasteiger partial charge in [-0.15, -0.1) is 11.8 Å². The third kappa shape index (κ3) is 7.25. The van der Waals surface area contributed by atoms with Crippen LogP contribution in [-0.2, 0) is 23.9 Å². The summed E-state index contributed by atoms with van der Waals surface area (Å²) in [6, 6.07) is 9.78. The van der Waals surface area contributed by atoms with Crippen LogP contribution in [0, 0.1) is 5.82 Å². The fourth-order valence-electron chi connectivity index (χ4n) is 4.89. The number of amides is 6. The van der Waals surface area contributed by atoms with Gasteiger partial charge >= 0.3 is 47.6 Å². The average molecular weight is 661 g/mol. The minimum Gasteiger partial charge on any atom is -0.543 e. The van der Waals surface area contributed by atoms with E-state index in [9.17, 15) is 38.3 Å². The smallest absolute Gasteiger partial charge is 0.543 e. The van der Waals surface area contributed by atoms with Crippen LogP contribution in [0.2, 0.25) is 0 Å². The summed E-state index contributed by atoms with van der Waals surface area (Å²) in [7, 11) is 0. The van der Waals surface area contributed by atoms with Crippen molar-refractivity contribution in [3.8, 4) is 0 Å². The van der Waals surface area contributed by atoms with Gasteiger partial charge in [-0.2, -0.15) is 5.10 Å². The van der Waals surface area contributed by atoms with Crippen LogP contribution in [0.4, 0.5) is 14.0 Å². The molecular weight excluding hydrogens is 634 g/mol. The number of thioether (sulfide) groups is 1. The van der Waals surface area contributed by atoms with Crippen molar-refractivity contribution in [3.63, 3.8) is 0 Å². The summed E-state index contributed by atoms with van der Waals surface area (Å²) in [6.45, 7) is 0.796. The number of aliphatic carboxylic acids is 1. The first kappa shape index (κ1) is 34.6. The maximum atomic E-state index is 13.9. The molecule has 2 fully saturated rings. The Morgan fingerprint density at radius 3 is 2.48 bits per heavy atom. The molecule has 234 valence electrons. The van der Waals surface area contributed by atoms with Gasteiger partial charge in [0.05, 0.1) is 31.0 Å². The van der Waals surface area contributed by atoms with E-state index in [0.717, 1.165) is 39.7 Å². The van der Waals surface area contributed by atoms with Crippen molar-refractivity contribution < 1.29 is 72.6 Å². The zero-order chi connectivity index (χ0) is 32.2. The fraction of sp³-hybridized carbons (Fsp3) is 0.276. The second-order valence-corrected chi connectivity index (χ2v) is 11.1. The minimum atomic E-state index is -1.63. The van der Waals surface area contributed by atoms with Gasteiger partial charge in [0.25, 0.3) is 5.91 Å². The van der Waals surface area contributed by atoms with E-state index in [4.69, 9.17) is 4.74 Å². The first-order valence-electron chi connectivity index (χ1n) is 13.6. The Labute approximate surface area is 288 Å². The summed E-state index contributed by atoms with van der Waals surface area (Å²) in [4.78, 5) is 77.7. The summed E-state index contributed by atoms with van der Waals surface area (Å²) >= 11 is 1.16. The summed E-state index contributed by atoms with van der Waals surface area (Å²) in [5.74, 6) is -4.19. The van der Waals surface area contributed by atoms with E-state index in [1.807, 2.05) is 0 Å². The molecule has 5 rings (SSSR count). The number of hydrogen-bond acceptors (Lipinski definition) is 10. The van der Waals surface area contributed by atoms with E-state index >= 15 is 0 Å². The first-order chi connectivity index (χ1) is 21.6. The molecule has 17 heteroatoms. The third-order valence-corrected chi connectivity index (χ3v) is 8.46. The quantitative estimate of drug-likeness (QED) is 0.125. The van der Waals surface area contributed by atoms with Crippen molar-refractivity contribution in [1.29, 1.82) is 0 Å². The molecule has 0 bridgehead atoms. The van der Waals surface area contributed by atoms with Gasteiger partial charge in [-0.1, -0.05) is 48.5 Å². The Kier molecular flexibility index (Phi) is 11.2. The van der Waals surface area contributed by atoms with Gasteiger partial charge in [-0.25, -0.2) is 23.9 Å². The van der Waals surface area contributed by atoms with Crippen molar-refractivity contribution in [3.05, 3.63) is 82.8 Å². The maximum absolute atomic E-state index is 13.9. The van der Waals surface area contributed by atoms with E-state index in [1.165, 1.54) is 18.2 Å². The molecule has 3 atom stereocenters. The Hall–Kier alpha value is -4.25. The zero-order valence-corrected chi connectivity index (χ0v) is 27.5. The number of β-lactam (4-membered cyclic amide) rings is 1. The topological polar surface area (TPSA) is 181 Å². The van der Waals surface area contributed by atoms with Crippen LogP contribution in [0.5, 0.6) is 0 Å². The number of urea groups is 2. The second kappa shape index (κ2) is 14.9. The van der Waals surface area contributed by atoms with Crippen LogP contribution in [0.15, 0.2) is 71.0 Å². The van der Waals surface area contributed by atoms with Gasteiger partial charge in [0.2, 0.25) is 5.91 Å². The van der Waals surface area contributed by atoms with Gasteiger partial charge in [0.1, 0.15) is 29.9 Å². The number of halogens is 1. The zero-order valence-electron chi connectivity index (χ0n) is 24.7. The van der Waals surface area contributed by atoms with Crippen molar-refractivity contribution in [2.75, 3.05) is 25.4 Å². The van der Waals surface area contributed by atoms with Crippen LogP contribution >= 0.6 is 11.8 Å². The molecule has 0 spiro atoms. The van der Waals surface area contributed by atoms with E-state index < -0.39 is 64.8 Å². The number of benzene rings is 2. The number of carboxylic acids is 1. The number of nitrogens with one attached hydrogen (secondary N) is 2. The number of imide groups is 1. The summed E-state index contributed by atoms with van der Waals surface area (Å²) in [5.41, 5.74) is 0.264. The predicted octanol–water partition coefficient (Wildman–Crippen LogP) is -2.68. The summed E-state index contributed by atoms with van der Waals surface area (Å²) in [6.07, 6.45) is 1.16. The molecule has 3 aliphatic rings. The number of ether oxygens (including phenoxy) is 1. The number of rotatable bonds is 9. The largest absolute Gasteiger partial charge is 1.00 e. The van der Waals surface area contributed by atoms with Gasteiger partial charge in [0.15, 0.2) is 0 Å². The van der Waals surface area contributed by atoms with Crippen molar-refractivity contribution in [2.24, 2.45) is 5.10 Å². The number of hydrazone groups is 1. The van der Waals surface area contributed by atoms with Gasteiger partial charge < -0.3 is 25.3 Å². The fourth-order valence-corrected chi connectivity index (χ4v) is 6.22. The molecule has 3 heterocycles. The maximum Gasteiger partial charge on any atom is 1.00 e. The second-order valence-electron chi connectivity index (χ2n) is 10.0. The van der Waals surface area contributed by atoms with E-state index in [-0.39, 0.29) is 66.1 Å². The van der Waals surface area contributed by atoms with Crippen LogP contribution in [0.1, 0.15) is 24.1 Å². The molecule has 2 aromatic rings. The number of carboxylic acid groups (broad SMARTS) is 1. The molecule has 3 aliphatic heterocycles. The molecule has 14 nitrogen and oxygen atoms in total. The van der Waals surface area contributed by atoms with E-state index in [1.54, 1.807) is 36.4 Å². The van der Waals surface area contributed by atoms with Crippen LogP contribution < -0.4 is 45.3 Å². The van der Waals surface area contributed by atoms with Crippen LogP contribution in [0.25, 0.3) is 0 Å². The molecule has 1 unspecified atom stereocenters. The number of carbonyl (C=O) groups is 6. The molecule has 0 saturated carbocycles. The molecule has 2 N–H and O–H groups in total. The van der Waals surface area contributed by atoms with Gasteiger partial charge in [-0.05, 0) is 11.6 Å². The molecule has 2 aromatic carbocycles. The normalized spacial score (nSPS) is 19.7. The predicted molar refractivity (Wildman–Crippen MR) is 154 cm³/mol. The van der Waals surface area contributed by atoms with Crippen molar-refractivity contribution in [2.45, 2.75) is 24.4 Å². The van der Waals surface area contributed by atoms with Crippen LogP contribution in [-0.4, -0.2) is 93.7 Å². The average Bonchev–Trinajstić information content (AvgIpc) is 3.40. The number of carbonyl (C=O) groups excluding carboxylic acids is 6. The Balaban J connectivity index is 0.00000480. The third-order valence-electron chi connectivity index (χ3n) is 7.12. The molecular formula is C29H26FN6NaO8S. The molecule has 6 amide bonds. The van der Waals surface area contributed by atoms with Gasteiger partial charge in [0, 0.05) is 23.8 Å². The molecule has 46 heavy (non-hydrogen) atoms. The van der Waals surface area contributed by atoms with E-state index in [2.05, 4.69) is 15.7 Å². The summed E-state index contributed by atoms with van der Waals surface area (Å²) < 4.78 is 18.8. The van der Waals surface area contributed by atoms with Crippen molar-refractivity contribution >= 4 is 53.8 Å². The standard InChI is InChI=1S/C29H27FN6O8S.Na/c1-16(37)44-14-19-15-45-26-22(25(39)36(26)23(19)27(40)41)32-24(38)21(17-7-3-2-4-8-17)33-28(42)34-11-12-35(29(34)43)31-13-18-9-5-6-10-20(18)30;/h2-10,13,21-22,26H,11-12,14-15H2,1H3,(H,32,38)(H,33,42)(H,40,41);/q;+1/p-1/t21-,22?,26-;/m1./s1. The van der Waals surface area contributed by atoms with E-state index in [0.29, 0.717) is 5.56 Å². The number of hydrogen-bond donors (Lipinski definition) is 2. The molecule has 2 saturated heterocycles.